The first-order chi connectivity index (χ1) is 10.3. The molecule has 0 saturated carbocycles. The molecule has 0 bridgehead atoms. The Morgan fingerprint density at radius 3 is 3.00 bits per heavy atom. The lowest BCUT2D eigenvalue weighted by molar-refractivity contribution is 0.0629. The van der Waals surface area contributed by atoms with Crippen LogP contribution in [0.2, 0.25) is 0 Å². The van der Waals surface area contributed by atoms with Crippen molar-refractivity contribution in [2.75, 3.05) is 6.54 Å². The summed E-state index contributed by atoms with van der Waals surface area (Å²) in [5, 5.41) is 0. The molecule has 0 aliphatic carbocycles. The van der Waals surface area contributed by atoms with Crippen LogP contribution in [0.1, 0.15) is 45.7 Å². The molecule has 1 aromatic heterocycles. The summed E-state index contributed by atoms with van der Waals surface area (Å²) in [6, 6.07) is 10.6. The third-order valence-corrected chi connectivity index (χ3v) is 4.74. The fourth-order valence-electron chi connectivity index (χ4n) is 3.58. The van der Waals surface area contributed by atoms with Crippen LogP contribution >= 0.6 is 12.4 Å². The Labute approximate surface area is 136 Å². The van der Waals surface area contributed by atoms with Gasteiger partial charge < -0.3 is 4.90 Å². The van der Waals surface area contributed by atoms with Crippen molar-refractivity contribution in [1.82, 2.24) is 9.88 Å². The third kappa shape index (κ3) is 2.20. The minimum absolute atomic E-state index is 0. The van der Waals surface area contributed by atoms with Gasteiger partial charge in [-0.1, -0.05) is 25.1 Å². The summed E-state index contributed by atoms with van der Waals surface area (Å²) in [4.78, 5) is 19.1. The molecule has 1 unspecified atom stereocenters. The van der Waals surface area contributed by atoms with E-state index in [9.17, 15) is 4.79 Å². The Balaban J connectivity index is 0.00000144. The van der Waals surface area contributed by atoms with Crippen molar-refractivity contribution >= 4 is 18.3 Å². The van der Waals surface area contributed by atoms with E-state index in [0.717, 1.165) is 37.1 Å². The summed E-state index contributed by atoms with van der Waals surface area (Å²) < 4.78 is 0. The summed E-state index contributed by atoms with van der Waals surface area (Å²) in [6.45, 7) is 3.00. The molecule has 0 N–H and O–H groups in total. The second kappa shape index (κ2) is 5.73. The summed E-state index contributed by atoms with van der Waals surface area (Å²) in [7, 11) is 0. The van der Waals surface area contributed by atoms with Gasteiger partial charge in [-0.3, -0.25) is 9.78 Å². The highest BCUT2D eigenvalue weighted by Gasteiger charge is 2.37. The maximum atomic E-state index is 12.7. The average Bonchev–Trinajstić information content (AvgIpc) is 2.54. The van der Waals surface area contributed by atoms with Crippen molar-refractivity contribution in [3.63, 3.8) is 0 Å². The number of aromatic nitrogens is 1. The van der Waals surface area contributed by atoms with Crippen LogP contribution in [-0.2, 0) is 19.3 Å². The van der Waals surface area contributed by atoms with Crippen molar-refractivity contribution in [2.45, 2.75) is 32.2 Å². The lowest BCUT2D eigenvalue weighted by atomic mass is 9.85. The first-order valence-corrected chi connectivity index (χ1v) is 7.64. The summed E-state index contributed by atoms with van der Waals surface area (Å²) in [6.07, 6.45) is 4.64. The number of pyridine rings is 1. The van der Waals surface area contributed by atoms with Crippen LogP contribution in [0.4, 0.5) is 0 Å². The van der Waals surface area contributed by atoms with Crippen molar-refractivity contribution in [3.8, 4) is 0 Å². The Morgan fingerprint density at radius 2 is 2.18 bits per heavy atom. The fraction of sp³-hybridized carbons (Fsp3) is 0.333. The highest BCUT2D eigenvalue weighted by atomic mass is 35.5. The zero-order valence-corrected chi connectivity index (χ0v) is 13.4. The molecule has 3 heterocycles. The van der Waals surface area contributed by atoms with E-state index >= 15 is 0 Å². The number of benzene rings is 1. The molecule has 1 atom stereocenters. The van der Waals surface area contributed by atoms with Gasteiger partial charge in [0.05, 0.1) is 17.3 Å². The van der Waals surface area contributed by atoms with E-state index in [4.69, 9.17) is 0 Å². The average molecular weight is 315 g/mol. The lowest BCUT2D eigenvalue weighted by Gasteiger charge is -2.40. The number of carbonyl (C=O) groups is 1. The number of rotatable bonds is 1. The van der Waals surface area contributed by atoms with E-state index in [0.29, 0.717) is 0 Å². The first kappa shape index (κ1) is 15.0. The van der Waals surface area contributed by atoms with E-state index in [1.54, 1.807) is 6.20 Å². The second-order valence-electron chi connectivity index (χ2n) is 5.85. The van der Waals surface area contributed by atoms with Crippen LogP contribution in [0.15, 0.2) is 36.5 Å². The number of amides is 1. The number of aryl methyl sites for hydroxylation is 1. The van der Waals surface area contributed by atoms with Crippen molar-refractivity contribution in [1.29, 1.82) is 0 Å². The van der Waals surface area contributed by atoms with Crippen molar-refractivity contribution in [2.24, 2.45) is 0 Å². The Hall–Kier alpha value is -1.87. The Morgan fingerprint density at radius 1 is 1.32 bits per heavy atom. The van der Waals surface area contributed by atoms with E-state index < -0.39 is 0 Å². The highest BCUT2D eigenvalue weighted by molar-refractivity contribution is 5.96. The molecule has 3 nitrogen and oxygen atoms in total. The van der Waals surface area contributed by atoms with Gasteiger partial charge in [0.15, 0.2) is 0 Å². The zero-order chi connectivity index (χ0) is 14.4. The minimum Gasteiger partial charge on any atom is -0.331 e. The third-order valence-electron chi connectivity index (χ3n) is 4.74. The second-order valence-corrected chi connectivity index (χ2v) is 5.85. The molecule has 0 radical (unpaired) electrons. The molecule has 2 aliphatic heterocycles. The van der Waals surface area contributed by atoms with E-state index in [1.807, 2.05) is 17.0 Å². The minimum atomic E-state index is 0. The lowest BCUT2D eigenvalue weighted by Crippen LogP contribution is -2.44. The Kier molecular flexibility index (Phi) is 3.92. The first-order valence-electron chi connectivity index (χ1n) is 7.64. The van der Waals surface area contributed by atoms with Crippen molar-refractivity contribution < 1.29 is 4.79 Å². The molecule has 0 fully saturated rings. The molecular weight excluding hydrogens is 296 g/mol. The molecular formula is C18H19ClN2O. The summed E-state index contributed by atoms with van der Waals surface area (Å²) in [5.74, 6) is 0.138. The van der Waals surface area contributed by atoms with E-state index in [-0.39, 0.29) is 24.4 Å². The number of halogens is 1. The molecule has 114 valence electrons. The van der Waals surface area contributed by atoms with Crippen LogP contribution in [-0.4, -0.2) is 22.3 Å². The van der Waals surface area contributed by atoms with Crippen LogP contribution in [0.5, 0.6) is 0 Å². The molecule has 2 aliphatic rings. The predicted octanol–water partition coefficient (Wildman–Crippen LogP) is 3.36. The molecule has 22 heavy (non-hydrogen) atoms. The van der Waals surface area contributed by atoms with E-state index in [2.05, 4.69) is 30.1 Å². The highest BCUT2D eigenvalue weighted by Crippen LogP contribution is 2.37. The number of nitrogens with zero attached hydrogens (tertiary/aromatic N) is 2. The maximum Gasteiger partial charge on any atom is 0.256 e. The zero-order valence-electron chi connectivity index (χ0n) is 12.6. The molecule has 2 aromatic rings. The van der Waals surface area contributed by atoms with Gasteiger partial charge >= 0.3 is 0 Å². The van der Waals surface area contributed by atoms with Gasteiger partial charge in [-0.25, -0.2) is 0 Å². The number of hydrogen-bond acceptors (Lipinski definition) is 2. The van der Waals surface area contributed by atoms with Gasteiger partial charge in [-0.2, -0.15) is 0 Å². The smallest absolute Gasteiger partial charge is 0.256 e. The van der Waals surface area contributed by atoms with Gasteiger partial charge in [0.2, 0.25) is 0 Å². The standard InChI is InChI=1S/C18H18N2O.ClH/c1-2-12-5-6-14-13(10-12)7-9-20-17(14)11-16-15(18(20)21)4-3-8-19-16;/h3-6,8,10,17H,2,7,9,11H2,1H3;1H. The summed E-state index contributed by atoms with van der Waals surface area (Å²) in [5.41, 5.74) is 5.81. The summed E-state index contributed by atoms with van der Waals surface area (Å²) >= 11 is 0. The fourth-order valence-corrected chi connectivity index (χ4v) is 3.58. The SMILES string of the molecule is CCc1ccc2c(c1)CCN1C(=O)c3cccnc3CC21.Cl. The van der Waals surface area contributed by atoms with E-state index in [1.165, 1.54) is 16.7 Å². The number of carbonyl (C=O) groups excluding carboxylic acids is 1. The van der Waals surface area contributed by atoms with Crippen LogP contribution in [0, 0.1) is 0 Å². The molecule has 0 spiro atoms. The van der Waals surface area contributed by atoms with Gasteiger partial charge in [-0.15, -0.1) is 12.4 Å². The molecule has 0 saturated heterocycles. The molecule has 1 aromatic carbocycles. The molecule has 4 heteroatoms. The monoisotopic (exact) mass is 314 g/mol. The molecule has 1 amide bonds. The largest absolute Gasteiger partial charge is 0.331 e. The van der Waals surface area contributed by atoms with Crippen LogP contribution in [0.25, 0.3) is 0 Å². The van der Waals surface area contributed by atoms with Crippen molar-refractivity contribution in [3.05, 3.63) is 64.5 Å². The van der Waals surface area contributed by atoms with Gasteiger partial charge in [0.25, 0.3) is 5.91 Å². The maximum absolute atomic E-state index is 12.7. The number of hydrogen-bond donors (Lipinski definition) is 0. The Bertz CT molecular complexity index is 729. The van der Waals surface area contributed by atoms with Crippen LogP contribution < -0.4 is 0 Å². The normalized spacial score (nSPS) is 18.9. The quantitative estimate of drug-likeness (QED) is 0.808. The predicted molar refractivity (Wildman–Crippen MR) is 88.5 cm³/mol. The van der Waals surface area contributed by atoms with Crippen LogP contribution in [0.3, 0.4) is 0 Å². The van der Waals surface area contributed by atoms with Gasteiger partial charge in [0.1, 0.15) is 0 Å². The number of fused-ring (bicyclic) bond motifs is 4. The molecule has 4 rings (SSSR count). The van der Waals surface area contributed by atoms with Gasteiger partial charge in [0, 0.05) is 19.2 Å². The van der Waals surface area contributed by atoms with Gasteiger partial charge in [-0.05, 0) is 41.7 Å². The topological polar surface area (TPSA) is 33.2 Å².